The molecule has 0 unspecified atom stereocenters. The van der Waals surface area contributed by atoms with Gasteiger partial charge in [0, 0.05) is 13.0 Å². The van der Waals surface area contributed by atoms with Crippen molar-refractivity contribution >= 4 is 82.8 Å². The molecule has 2 rings (SSSR count). The van der Waals surface area contributed by atoms with Gasteiger partial charge >= 0.3 is 5.97 Å². The second-order valence-corrected chi connectivity index (χ2v) is 27.8. The van der Waals surface area contributed by atoms with Crippen LogP contribution in [-0.2, 0) is 73.5 Å². The summed E-state index contributed by atoms with van der Waals surface area (Å²) >= 11 is 0. The summed E-state index contributed by atoms with van der Waals surface area (Å²) in [5.74, 6) is -13.2. The zero-order valence-corrected chi connectivity index (χ0v) is 60.1. The van der Waals surface area contributed by atoms with Crippen LogP contribution in [0.5, 0.6) is 0 Å². The quantitative estimate of drug-likeness (QED) is 0.0344. The van der Waals surface area contributed by atoms with Crippen LogP contribution in [0.4, 0.5) is 0 Å². The van der Waals surface area contributed by atoms with Crippen molar-refractivity contribution in [2.75, 3.05) is 26.2 Å². The first kappa shape index (κ1) is 86.8. The third-order valence-electron chi connectivity index (χ3n) is 16.8. The first-order valence-electron chi connectivity index (χ1n) is 34.7. The molecule has 31 nitrogen and oxygen atoms in total. The minimum atomic E-state index is -1.69. The number of nitrogens with one attached hydrogen (secondary N) is 11. The highest BCUT2D eigenvalue weighted by Crippen LogP contribution is 2.23. The van der Waals surface area contributed by atoms with Crippen molar-refractivity contribution in [3.8, 4) is 0 Å². The summed E-state index contributed by atoms with van der Waals surface area (Å²) in [6.07, 6.45) is 1.38. The number of unbranched alkanes of at least 4 members (excludes halogenated alkanes) is 1. The second kappa shape index (κ2) is 43.9. The molecule has 31 heteroatoms. The van der Waals surface area contributed by atoms with Crippen molar-refractivity contribution in [3.05, 3.63) is 35.9 Å². The molecule has 558 valence electrons. The molecule has 1 aliphatic heterocycles. The molecule has 0 radical (unpaired) electrons. The van der Waals surface area contributed by atoms with Crippen LogP contribution in [0.3, 0.4) is 0 Å². The zero-order chi connectivity index (χ0) is 75.0. The van der Waals surface area contributed by atoms with E-state index in [-0.39, 0.29) is 88.1 Å². The number of carbonyl (C=O) groups is 14. The molecule has 99 heavy (non-hydrogen) atoms. The Labute approximate surface area is 582 Å². The maximum atomic E-state index is 14.3. The fraction of sp³-hybridized carbons (Fsp3) is 0.706. The minimum absolute atomic E-state index is 0.00302. The first-order valence-corrected chi connectivity index (χ1v) is 34.7. The van der Waals surface area contributed by atoms with Crippen LogP contribution in [0.1, 0.15) is 173 Å². The number of primary amides is 1. The molecular formula is C68H115N15O16. The highest BCUT2D eigenvalue weighted by molar-refractivity contribution is 6.00. The van der Waals surface area contributed by atoms with Gasteiger partial charge in [0.25, 0.3) is 0 Å². The van der Waals surface area contributed by atoms with E-state index in [9.17, 15) is 77.3 Å². The lowest BCUT2D eigenvalue weighted by molar-refractivity contribution is -0.143. The number of aliphatic hydroxyl groups is 1. The number of nitrogens with two attached hydrogens (primary N) is 3. The van der Waals surface area contributed by atoms with E-state index in [2.05, 4.69) is 58.5 Å². The van der Waals surface area contributed by atoms with Gasteiger partial charge in [0.15, 0.2) is 0 Å². The van der Waals surface area contributed by atoms with Crippen molar-refractivity contribution in [1.82, 2.24) is 63.4 Å². The number of amides is 13. The Balaban J connectivity index is 2.27. The summed E-state index contributed by atoms with van der Waals surface area (Å²) in [6.45, 7) is 21.3. The third-order valence-corrected chi connectivity index (χ3v) is 16.8. The number of carbonyl (C=O) groups excluding carboxylic acids is 13. The summed E-state index contributed by atoms with van der Waals surface area (Å²) < 4.78 is 0. The Bertz CT molecular complexity index is 2860. The fourth-order valence-electron chi connectivity index (χ4n) is 11.1. The summed E-state index contributed by atoms with van der Waals surface area (Å²) in [4.78, 5) is 192. The predicted molar refractivity (Wildman–Crippen MR) is 369 cm³/mol. The zero-order valence-electron chi connectivity index (χ0n) is 60.1. The van der Waals surface area contributed by atoms with Gasteiger partial charge in [0.05, 0.1) is 19.2 Å². The molecule has 0 aromatic heterocycles. The van der Waals surface area contributed by atoms with Crippen LogP contribution < -0.4 is 75.7 Å². The van der Waals surface area contributed by atoms with Gasteiger partial charge in [-0.2, -0.15) is 0 Å². The number of aliphatic carboxylic acids is 1. The van der Waals surface area contributed by atoms with Crippen molar-refractivity contribution in [1.29, 1.82) is 0 Å². The molecule has 1 aromatic rings. The molecule has 13 atom stereocenters. The van der Waals surface area contributed by atoms with Crippen LogP contribution in [0.2, 0.25) is 0 Å². The Hall–Kier alpha value is -8.32. The molecule has 0 bridgehead atoms. The highest BCUT2D eigenvalue weighted by Gasteiger charge is 2.42. The topological polar surface area (TPSA) is 493 Å². The van der Waals surface area contributed by atoms with E-state index in [0.717, 1.165) is 5.56 Å². The van der Waals surface area contributed by atoms with E-state index in [1.54, 1.807) is 48.5 Å². The largest absolute Gasteiger partial charge is 0.481 e. The molecule has 19 N–H and O–H groups in total. The summed E-state index contributed by atoms with van der Waals surface area (Å²) in [7, 11) is 0. The number of rotatable bonds is 45. The molecule has 1 fully saturated rings. The van der Waals surface area contributed by atoms with Gasteiger partial charge in [0.1, 0.15) is 66.5 Å². The monoisotopic (exact) mass is 1400 g/mol. The molecule has 13 amide bonds. The van der Waals surface area contributed by atoms with Crippen LogP contribution >= 0.6 is 0 Å². The van der Waals surface area contributed by atoms with E-state index in [4.69, 9.17) is 17.2 Å². The second-order valence-electron chi connectivity index (χ2n) is 27.8. The Morgan fingerprint density at radius 1 is 0.535 bits per heavy atom. The summed E-state index contributed by atoms with van der Waals surface area (Å²) in [5, 5.41) is 48.3. The molecular weight excluding hydrogens is 1280 g/mol. The molecule has 1 aromatic carbocycles. The van der Waals surface area contributed by atoms with Crippen LogP contribution in [0.15, 0.2) is 30.3 Å². The molecule has 1 saturated heterocycles. The smallest absolute Gasteiger partial charge is 0.303 e. The molecule has 0 saturated carbocycles. The minimum Gasteiger partial charge on any atom is -0.481 e. The van der Waals surface area contributed by atoms with Gasteiger partial charge in [-0.05, 0) is 125 Å². The van der Waals surface area contributed by atoms with E-state index in [0.29, 0.717) is 19.3 Å². The van der Waals surface area contributed by atoms with E-state index in [1.807, 2.05) is 65.0 Å². The summed E-state index contributed by atoms with van der Waals surface area (Å²) in [5.41, 5.74) is 18.4. The van der Waals surface area contributed by atoms with Crippen LogP contribution in [-0.4, -0.2) is 197 Å². The van der Waals surface area contributed by atoms with Gasteiger partial charge < -0.3 is 90.8 Å². The number of benzene rings is 1. The lowest BCUT2D eigenvalue weighted by atomic mass is 9.96. The predicted octanol–water partition coefficient (Wildman–Crippen LogP) is -1.11. The average molecular weight is 1400 g/mol. The Morgan fingerprint density at radius 2 is 1.02 bits per heavy atom. The normalized spacial score (nSPS) is 16.6. The van der Waals surface area contributed by atoms with Gasteiger partial charge in [-0.1, -0.05) is 120 Å². The lowest BCUT2D eigenvalue weighted by Gasteiger charge is -2.32. The Morgan fingerprint density at radius 3 is 1.55 bits per heavy atom. The highest BCUT2D eigenvalue weighted by atomic mass is 16.4. The van der Waals surface area contributed by atoms with E-state index >= 15 is 0 Å². The van der Waals surface area contributed by atoms with Crippen LogP contribution in [0, 0.1) is 35.5 Å². The first-order chi connectivity index (χ1) is 46.4. The molecule has 0 spiro atoms. The third kappa shape index (κ3) is 31.2. The van der Waals surface area contributed by atoms with Gasteiger partial charge in [-0.25, -0.2) is 0 Å². The van der Waals surface area contributed by atoms with E-state index in [1.165, 1.54) is 11.8 Å². The van der Waals surface area contributed by atoms with Gasteiger partial charge in [0.2, 0.25) is 76.8 Å². The van der Waals surface area contributed by atoms with Gasteiger partial charge in [-0.15, -0.1) is 0 Å². The molecule has 1 aliphatic rings. The standard InChI is InChI=1S/C68H115N15O16/c1-14-41(12)56(82-65(96)52-24-20-28-83(52)68(99)50(32-39(8)9)79-59(90)44(70)33-43-21-16-15-17-22-43)67(98)81-55(40(10)11)66(97)73-42(13)58(89)75-45(23-18-19-27-69)61(92)76-46(25-26-54(86)87)62(93)78-49(31-38(6)7)64(95)80-51(35-84)60(91)72-34-53(85)74-48(30-37(4)5)63(94)77-47(57(71)88)29-36(2)3/h15-17,21-22,36-42,44-52,55-56,84H,14,18-20,23-35,69-70H2,1-13H3,(H2,71,88)(H,72,91)(H,73,97)(H,74,85)(H,75,89)(H,76,92)(H,77,94)(H,78,93)(H,79,90)(H,80,95)(H,81,98)(H,82,96)(H,86,87)/t41-,42-,44-,45-,46-,47-,48-,49-,50-,51-,52-,55-,56-/m0/s1. The number of nitrogens with zero attached hydrogens (tertiary/aromatic N) is 1. The SMILES string of the molecule is CC[C@H](C)[C@H](NC(=O)[C@@H]1CCCN1C(=O)[C@H](CC(C)C)NC(=O)[C@@H](N)Cc1ccccc1)C(=O)N[C@H](C(=O)N[C@@H](C)C(=O)N[C@@H](CCCCN)C(=O)N[C@@H](CCC(=O)O)C(=O)N[C@@H](CC(C)C)C(=O)N[C@@H](CO)C(=O)NCC(=O)N[C@@H](CC(C)C)C(=O)N[C@@H](CC(C)C)C(N)=O)C(C)C. The maximum absolute atomic E-state index is 14.3. The van der Waals surface area contributed by atoms with Crippen molar-refractivity contribution in [3.63, 3.8) is 0 Å². The number of likely N-dealkylation sites (tertiary alicyclic amines) is 1. The maximum Gasteiger partial charge on any atom is 0.303 e. The number of hydrogen-bond acceptors (Lipinski definition) is 17. The fourth-order valence-corrected chi connectivity index (χ4v) is 11.1. The van der Waals surface area contributed by atoms with Crippen molar-refractivity contribution in [2.45, 2.75) is 246 Å². The van der Waals surface area contributed by atoms with Crippen molar-refractivity contribution < 1.29 is 77.3 Å². The number of carboxylic acids is 1. The van der Waals surface area contributed by atoms with Crippen LogP contribution in [0.25, 0.3) is 0 Å². The number of aliphatic hydroxyl groups excluding tert-OH is 1. The molecule has 0 aliphatic carbocycles. The number of carboxylic acid groups (broad SMARTS) is 1. The number of hydrogen-bond donors (Lipinski definition) is 16. The van der Waals surface area contributed by atoms with Crippen molar-refractivity contribution in [2.24, 2.45) is 52.7 Å². The Kier molecular flexibility index (Phi) is 38.5. The molecule has 1 heterocycles. The summed E-state index contributed by atoms with van der Waals surface area (Å²) in [6, 6.07) is -5.94. The van der Waals surface area contributed by atoms with Gasteiger partial charge in [-0.3, -0.25) is 67.1 Å². The lowest BCUT2D eigenvalue weighted by Crippen LogP contribution is -2.61. The van der Waals surface area contributed by atoms with E-state index < -0.39 is 193 Å². The average Bonchev–Trinajstić information content (AvgIpc) is 1.75.